The molecular weight excluding hydrogens is 416 g/mol. The average molecular weight is 443 g/mol. The minimum Gasteiger partial charge on any atom is -0.463 e. The van der Waals surface area contributed by atoms with Crippen LogP contribution in [0.1, 0.15) is 16.1 Å². The highest BCUT2D eigenvalue weighted by molar-refractivity contribution is 5.94. The molecule has 7 heteroatoms. The maximum Gasteiger partial charge on any atom is 0.272 e. The van der Waals surface area contributed by atoms with Gasteiger partial charge in [-0.3, -0.25) is 4.79 Å². The number of hydrogen-bond donors (Lipinski definition) is 0. The van der Waals surface area contributed by atoms with Crippen molar-refractivity contribution in [1.29, 1.82) is 0 Å². The van der Waals surface area contributed by atoms with E-state index in [9.17, 15) is 4.79 Å². The molecule has 33 heavy (non-hydrogen) atoms. The van der Waals surface area contributed by atoms with Crippen LogP contribution in [0.4, 0.5) is 5.69 Å². The van der Waals surface area contributed by atoms with Gasteiger partial charge in [-0.25, -0.2) is 4.68 Å². The number of rotatable bonds is 6. The van der Waals surface area contributed by atoms with Crippen LogP contribution in [-0.4, -0.2) is 53.9 Å². The predicted octanol–water partition coefficient (Wildman–Crippen LogP) is 4.24. The van der Waals surface area contributed by atoms with Gasteiger partial charge in [-0.1, -0.05) is 36.4 Å². The molecule has 5 rings (SSSR count). The molecule has 0 radical (unpaired) electrons. The number of amides is 1. The van der Waals surface area contributed by atoms with E-state index in [0.29, 0.717) is 23.7 Å². The lowest BCUT2D eigenvalue weighted by molar-refractivity contribution is 0.0776. The molecular formula is C26H26N4O3. The highest BCUT2D eigenvalue weighted by Gasteiger charge is 2.23. The van der Waals surface area contributed by atoms with Crippen LogP contribution in [-0.2, 0) is 11.3 Å². The first kappa shape index (κ1) is 21.0. The van der Waals surface area contributed by atoms with E-state index in [1.165, 1.54) is 0 Å². The summed E-state index contributed by atoms with van der Waals surface area (Å²) < 4.78 is 12.7. The second-order valence-electron chi connectivity index (χ2n) is 8.03. The third-order valence-corrected chi connectivity index (χ3v) is 5.80. The minimum absolute atomic E-state index is 0.110. The fourth-order valence-electron chi connectivity index (χ4n) is 4.12. The van der Waals surface area contributed by atoms with Gasteiger partial charge in [0.15, 0.2) is 5.76 Å². The van der Waals surface area contributed by atoms with Crippen LogP contribution >= 0.6 is 0 Å². The van der Waals surface area contributed by atoms with Crippen molar-refractivity contribution in [3.8, 4) is 17.1 Å². The van der Waals surface area contributed by atoms with E-state index in [4.69, 9.17) is 9.15 Å². The molecule has 0 N–H and O–H groups in total. The van der Waals surface area contributed by atoms with Crippen LogP contribution in [0, 0.1) is 0 Å². The van der Waals surface area contributed by atoms with Crippen LogP contribution in [0.5, 0.6) is 0 Å². The van der Waals surface area contributed by atoms with Crippen molar-refractivity contribution < 1.29 is 13.9 Å². The largest absolute Gasteiger partial charge is 0.463 e. The van der Waals surface area contributed by atoms with E-state index in [1.807, 2.05) is 61.6 Å². The lowest BCUT2D eigenvalue weighted by atomic mass is 10.1. The molecule has 0 unspecified atom stereocenters. The molecule has 1 aliphatic heterocycles. The van der Waals surface area contributed by atoms with Gasteiger partial charge >= 0.3 is 0 Å². The molecule has 2 aromatic heterocycles. The van der Waals surface area contributed by atoms with Gasteiger partial charge in [-0.15, -0.1) is 0 Å². The van der Waals surface area contributed by atoms with Crippen molar-refractivity contribution in [3.05, 3.63) is 90.3 Å². The van der Waals surface area contributed by atoms with Gasteiger partial charge in [0.25, 0.3) is 5.91 Å². The second-order valence-corrected chi connectivity index (χ2v) is 8.03. The smallest absolute Gasteiger partial charge is 0.272 e. The van der Waals surface area contributed by atoms with Crippen LogP contribution in [0.3, 0.4) is 0 Å². The number of benzene rings is 2. The number of ether oxygens (including phenoxy) is 1. The van der Waals surface area contributed by atoms with Crippen molar-refractivity contribution in [2.24, 2.45) is 0 Å². The van der Waals surface area contributed by atoms with Gasteiger partial charge in [-0.05, 0) is 35.9 Å². The Kier molecular flexibility index (Phi) is 5.95. The molecule has 0 bridgehead atoms. The Balaban J connectivity index is 1.45. The Hall–Kier alpha value is -3.84. The van der Waals surface area contributed by atoms with Crippen LogP contribution < -0.4 is 4.90 Å². The normalized spacial score (nSPS) is 13.8. The molecule has 4 aromatic rings. The second kappa shape index (κ2) is 9.34. The molecule has 0 saturated carbocycles. The average Bonchev–Trinajstić information content (AvgIpc) is 3.55. The van der Waals surface area contributed by atoms with Gasteiger partial charge in [-0.2, -0.15) is 5.10 Å². The monoisotopic (exact) mass is 442 g/mol. The Morgan fingerprint density at radius 2 is 1.76 bits per heavy atom. The summed E-state index contributed by atoms with van der Waals surface area (Å²) in [5, 5.41) is 4.68. The highest BCUT2D eigenvalue weighted by Crippen LogP contribution is 2.26. The number of furan rings is 1. The molecule has 7 nitrogen and oxygen atoms in total. The van der Waals surface area contributed by atoms with Gasteiger partial charge in [0, 0.05) is 38.4 Å². The first-order valence-electron chi connectivity index (χ1n) is 11.1. The molecule has 2 aromatic carbocycles. The highest BCUT2D eigenvalue weighted by atomic mass is 16.5. The lowest BCUT2D eigenvalue weighted by Crippen LogP contribution is -2.37. The van der Waals surface area contributed by atoms with Crippen molar-refractivity contribution in [2.45, 2.75) is 6.54 Å². The maximum atomic E-state index is 13.6. The van der Waals surface area contributed by atoms with E-state index in [1.54, 1.807) is 21.9 Å². The molecule has 0 aliphatic carbocycles. The van der Waals surface area contributed by atoms with E-state index in [2.05, 4.69) is 22.1 Å². The molecule has 0 spiro atoms. The molecule has 1 saturated heterocycles. The van der Waals surface area contributed by atoms with E-state index >= 15 is 0 Å². The van der Waals surface area contributed by atoms with E-state index in [-0.39, 0.29) is 5.91 Å². The van der Waals surface area contributed by atoms with E-state index < -0.39 is 0 Å². The summed E-state index contributed by atoms with van der Waals surface area (Å²) in [6.07, 6.45) is 1.60. The van der Waals surface area contributed by atoms with Gasteiger partial charge in [0.1, 0.15) is 11.4 Å². The molecule has 1 amide bonds. The summed E-state index contributed by atoms with van der Waals surface area (Å²) in [5.74, 6) is 0.514. The summed E-state index contributed by atoms with van der Waals surface area (Å²) in [6, 6.07) is 23.4. The first-order chi connectivity index (χ1) is 16.2. The number of carbonyl (C=O) groups excluding carboxylic acids is 1. The summed E-state index contributed by atoms with van der Waals surface area (Å²) in [7, 11) is 1.83. The topological polar surface area (TPSA) is 63.7 Å². The number of nitrogens with zero attached hydrogens (tertiary/aromatic N) is 4. The molecule has 1 fully saturated rings. The van der Waals surface area contributed by atoms with Crippen molar-refractivity contribution in [3.63, 3.8) is 0 Å². The summed E-state index contributed by atoms with van der Waals surface area (Å²) >= 11 is 0. The number of anilines is 1. The van der Waals surface area contributed by atoms with Gasteiger partial charge in [0.2, 0.25) is 0 Å². The SMILES string of the molecule is CN(Cc1ccccc1N1CCOCC1)C(=O)c1cc(-c2ccco2)nn1-c1ccccc1. The quantitative estimate of drug-likeness (QED) is 0.447. The summed E-state index contributed by atoms with van der Waals surface area (Å²) in [4.78, 5) is 17.7. The third-order valence-electron chi connectivity index (χ3n) is 5.80. The Morgan fingerprint density at radius 1 is 1.00 bits per heavy atom. The zero-order valence-electron chi connectivity index (χ0n) is 18.6. The fraction of sp³-hybridized carbons (Fsp3) is 0.231. The lowest BCUT2D eigenvalue weighted by Gasteiger charge is -2.31. The summed E-state index contributed by atoms with van der Waals surface area (Å²) in [6.45, 7) is 3.62. The Labute approximate surface area is 192 Å². The fourth-order valence-corrected chi connectivity index (χ4v) is 4.12. The van der Waals surface area contributed by atoms with Crippen LogP contribution in [0.2, 0.25) is 0 Å². The molecule has 0 atom stereocenters. The Morgan fingerprint density at radius 3 is 2.52 bits per heavy atom. The van der Waals surface area contributed by atoms with E-state index in [0.717, 1.165) is 43.2 Å². The number of carbonyl (C=O) groups is 1. The first-order valence-corrected chi connectivity index (χ1v) is 11.1. The number of hydrogen-bond acceptors (Lipinski definition) is 5. The van der Waals surface area contributed by atoms with Gasteiger partial charge < -0.3 is 19.0 Å². The van der Waals surface area contributed by atoms with Gasteiger partial charge in [0.05, 0.1) is 25.2 Å². The summed E-state index contributed by atoms with van der Waals surface area (Å²) in [5.41, 5.74) is 4.18. The number of morpholine rings is 1. The standard InChI is InChI=1S/C26H26N4O3/c1-28(19-20-8-5-6-11-23(20)29-13-16-32-17-14-29)26(31)24-18-22(25-12-7-15-33-25)27-30(24)21-9-3-2-4-10-21/h2-12,15,18H,13-14,16-17,19H2,1H3. The molecule has 168 valence electrons. The zero-order valence-corrected chi connectivity index (χ0v) is 18.6. The predicted molar refractivity (Wildman–Crippen MR) is 127 cm³/mol. The van der Waals surface area contributed by atoms with Crippen molar-refractivity contribution in [1.82, 2.24) is 14.7 Å². The zero-order chi connectivity index (χ0) is 22.6. The Bertz CT molecular complexity index is 1210. The number of para-hydroxylation sites is 2. The minimum atomic E-state index is -0.110. The molecule has 1 aliphatic rings. The molecule has 3 heterocycles. The maximum absolute atomic E-state index is 13.6. The third kappa shape index (κ3) is 4.40. The van der Waals surface area contributed by atoms with Crippen LogP contribution in [0.15, 0.2) is 83.5 Å². The number of aromatic nitrogens is 2. The van der Waals surface area contributed by atoms with Crippen molar-refractivity contribution >= 4 is 11.6 Å². The van der Waals surface area contributed by atoms with Crippen LogP contribution in [0.25, 0.3) is 17.1 Å². The van der Waals surface area contributed by atoms with Crippen molar-refractivity contribution in [2.75, 3.05) is 38.3 Å².